The van der Waals surface area contributed by atoms with Gasteiger partial charge in [-0.3, -0.25) is 10.1 Å². The summed E-state index contributed by atoms with van der Waals surface area (Å²) in [5.74, 6) is -0.213. The van der Waals surface area contributed by atoms with Gasteiger partial charge in [-0.25, -0.2) is 19.6 Å². The zero-order valence-corrected chi connectivity index (χ0v) is 18.4. The van der Waals surface area contributed by atoms with Crippen LogP contribution in [0.15, 0.2) is 10.6 Å². The summed E-state index contributed by atoms with van der Waals surface area (Å²) in [6, 6.07) is 0.0639. The van der Waals surface area contributed by atoms with E-state index in [-0.39, 0.29) is 23.6 Å². The average molecular weight is 425 g/mol. The molecule has 2 N–H and O–H groups in total. The molecule has 1 aliphatic heterocycles. The molecule has 0 aliphatic carbocycles. The lowest BCUT2D eigenvalue weighted by Gasteiger charge is -2.33. The monoisotopic (exact) mass is 425 g/mol. The van der Waals surface area contributed by atoms with Gasteiger partial charge in [0.25, 0.3) is 5.91 Å². The number of hydrogen-bond donors (Lipinski definition) is 2. The van der Waals surface area contributed by atoms with Gasteiger partial charge in [0.15, 0.2) is 5.82 Å². The lowest BCUT2D eigenvalue weighted by molar-refractivity contribution is -0.143. The van der Waals surface area contributed by atoms with Crippen molar-refractivity contribution in [1.29, 1.82) is 0 Å². The van der Waals surface area contributed by atoms with Gasteiger partial charge in [0, 0.05) is 13.1 Å². The highest BCUT2D eigenvalue weighted by molar-refractivity contribution is 5.92. The van der Waals surface area contributed by atoms with Crippen LogP contribution in [0.5, 0.6) is 5.95 Å². The zero-order chi connectivity index (χ0) is 22.5. The molecular formula is C19H31N5O6. The largest absolute Gasteiger partial charge is 0.467 e. The predicted molar refractivity (Wildman–Crippen MR) is 108 cm³/mol. The minimum atomic E-state index is -0.828. The number of carbonyl (C=O) groups excluding carboxylic acids is 3. The Balaban J connectivity index is 2.11. The van der Waals surface area contributed by atoms with Crippen molar-refractivity contribution in [1.82, 2.24) is 20.5 Å². The SMILES string of the molecule is CCC(C)C(NC(=O)OC(C)(C)C)C(=O)N1CCCN1C(=O)Nc1cc(OC)on1. The van der Waals surface area contributed by atoms with Crippen molar-refractivity contribution in [2.75, 3.05) is 25.5 Å². The van der Waals surface area contributed by atoms with Crippen LogP contribution in [-0.4, -0.2) is 65.0 Å². The average Bonchev–Trinajstić information content (AvgIpc) is 3.32. The van der Waals surface area contributed by atoms with E-state index in [1.165, 1.54) is 23.2 Å². The van der Waals surface area contributed by atoms with Gasteiger partial charge >= 0.3 is 18.1 Å². The van der Waals surface area contributed by atoms with E-state index in [2.05, 4.69) is 15.8 Å². The predicted octanol–water partition coefficient (Wildman–Crippen LogP) is 2.60. The summed E-state index contributed by atoms with van der Waals surface area (Å²) in [5.41, 5.74) is -0.689. The van der Waals surface area contributed by atoms with Crippen LogP contribution in [0, 0.1) is 5.92 Å². The van der Waals surface area contributed by atoms with Crippen molar-refractivity contribution in [2.24, 2.45) is 5.92 Å². The third-order valence-electron chi connectivity index (χ3n) is 4.60. The van der Waals surface area contributed by atoms with E-state index < -0.39 is 23.8 Å². The number of nitrogens with one attached hydrogen (secondary N) is 2. The molecule has 2 rings (SSSR count). The van der Waals surface area contributed by atoms with Gasteiger partial charge in [-0.1, -0.05) is 25.4 Å². The Bertz CT molecular complexity index is 759. The lowest BCUT2D eigenvalue weighted by atomic mass is 9.98. The number of hydrazine groups is 1. The molecule has 0 aromatic carbocycles. The number of ether oxygens (including phenoxy) is 2. The second kappa shape index (κ2) is 9.68. The second-order valence-corrected chi connectivity index (χ2v) is 8.11. The Morgan fingerprint density at radius 2 is 1.93 bits per heavy atom. The summed E-state index contributed by atoms with van der Waals surface area (Å²) in [6.07, 6.45) is 0.595. The van der Waals surface area contributed by atoms with Crippen molar-refractivity contribution >= 4 is 23.8 Å². The maximum Gasteiger partial charge on any atom is 0.408 e. The summed E-state index contributed by atoms with van der Waals surface area (Å²) in [4.78, 5) is 38.2. The molecule has 1 saturated heterocycles. The van der Waals surface area contributed by atoms with Gasteiger partial charge in [0.1, 0.15) is 11.6 Å². The molecule has 1 aromatic rings. The van der Waals surface area contributed by atoms with Gasteiger partial charge in [-0.2, -0.15) is 0 Å². The molecule has 1 fully saturated rings. The standard InChI is InChI=1S/C19H31N5O6/c1-7-12(2)15(21-18(27)29-19(3,4)5)16(25)23-9-8-10-24(23)17(26)20-13-11-14(28-6)30-22-13/h11-12,15H,7-10H2,1-6H3,(H,21,27)(H,20,22,26). The van der Waals surface area contributed by atoms with E-state index in [1.807, 2.05) is 13.8 Å². The molecule has 0 spiro atoms. The van der Waals surface area contributed by atoms with Crippen molar-refractivity contribution < 1.29 is 28.4 Å². The fourth-order valence-corrected chi connectivity index (χ4v) is 2.92. The van der Waals surface area contributed by atoms with Crippen LogP contribution in [-0.2, 0) is 9.53 Å². The fraction of sp³-hybridized carbons (Fsp3) is 0.684. The van der Waals surface area contributed by atoms with E-state index in [9.17, 15) is 14.4 Å². The quantitative estimate of drug-likeness (QED) is 0.717. The number of aromatic nitrogens is 1. The molecule has 1 aliphatic rings. The number of urea groups is 1. The number of hydrogen-bond acceptors (Lipinski definition) is 7. The maximum atomic E-state index is 13.2. The Morgan fingerprint density at radius 1 is 1.27 bits per heavy atom. The molecule has 0 bridgehead atoms. The summed E-state index contributed by atoms with van der Waals surface area (Å²) < 4.78 is 15.1. The van der Waals surface area contributed by atoms with Gasteiger partial charge in [0.05, 0.1) is 13.2 Å². The molecule has 2 heterocycles. The van der Waals surface area contributed by atoms with Gasteiger partial charge in [0.2, 0.25) is 0 Å². The molecule has 2 atom stereocenters. The maximum absolute atomic E-state index is 13.2. The third kappa shape index (κ3) is 6.01. The summed E-state index contributed by atoms with van der Waals surface area (Å²) >= 11 is 0. The van der Waals surface area contributed by atoms with Crippen LogP contribution in [0.1, 0.15) is 47.5 Å². The minimum Gasteiger partial charge on any atom is -0.467 e. The molecular weight excluding hydrogens is 394 g/mol. The lowest BCUT2D eigenvalue weighted by Crippen LogP contribution is -2.56. The zero-order valence-electron chi connectivity index (χ0n) is 18.4. The molecule has 0 saturated carbocycles. The Labute approximate surface area is 176 Å². The summed E-state index contributed by atoms with van der Waals surface area (Å²) in [6.45, 7) is 9.74. The van der Waals surface area contributed by atoms with Crippen LogP contribution in [0.4, 0.5) is 15.4 Å². The topological polar surface area (TPSA) is 126 Å². The van der Waals surface area contributed by atoms with Crippen molar-refractivity contribution in [3.63, 3.8) is 0 Å². The van der Waals surface area contributed by atoms with Crippen LogP contribution in [0.3, 0.4) is 0 Å². The normalized spacial score (nSPS) is 16.1. The molecule has 4 amide bonds. The first kappa shape index (κ1) is 23.3. The van der Waals surface area contributed by atoms with Gasteiger partial charge in [-0.05, 0) is 33.1 Å². The van der Waals surface area contributed by atoms with E-state index >= 15 is 0 Å². The smallest absolute Gasteiger partial charge is 0.408 e. The number of methoxy groups -OCH3 is 1. The van der Waals surface area contributed by atoms with Gasteiger partial charge < -0.3 is 19.3 Å². The first-order valence-electron chi connectivity index (χ1n) is 9.95. The number of anilines is 1. The van der Waals surface area contributed by atoms with E-state index in [0.717, 1.165) is 0 Å². The number of carbonyl (C=O) groups is 3. The van der Waals surface area contributed by atoms with Crippen LogP contribution in [0.2, 0.25) is 0 Å². The molecule has 1 aromatic heterocycles. The van der Waals surface area contributed by atoms with E-state index in [0.29, 0.717) is 25.9 Å². The highest BCUT2D eigenvalue weighted by Gasteiger charge is 2.38. The number of alkyl carbamates (subject to hydrolysis) is 1. The third-order valence-corrected chi connectivity index (χ3v) is 4.60. The van der Waals surface area contributed by atoms with Crippen molar-refractivity contribution in [3.05, 3.63) is 6.07 Å². The highest BCUT2D eigenvalue weighted by atomic mass is 16.6. The molecule has 30 heavy (non-hydrogen) atoms. The number of rotatable bonds is 6. The first-order valence-corrected chi connectivity index (χ1v) is 9.95. The van der Waals surface area contributed by atoms with E-state index in [4.69, 9.17) is 14.0 Å². The van der Waals surface area contributed by atoms with Crippen molar-refractivity contribution in [3.8, 4) is 5.95 Å². The van der Waals surface area contributed by atoms with Crippen LogP contribution in [0.25, 0.3) is 0 Å². The summed E-state index contributed by atoms with van der Waals surface area (Å²) in [7, 11) is 1.42. The van der Waals surface area contributed by atoms with Crippen LogP contribution < -0.4 is 15.4 Å². The fourth-order valence-electron chi connectivity index (χ4n) is 2.92. The number of amides is 4. The Kier molecular flexibility index (Phi) is 7.52. The Morgan fingerprint density at radius 3 is 2.50 bits per heavy atom. The summed E-state index contributed by atoms with van der Waals surface area (Å²) in [5, 5.41) is 11.6. The van der Waals surface area contributed by atoms with E-state index in [1.54, 1.807) is 20.8 Å². The molecule has 11 heteroatoms. The molecule has 11 nitrogen and oxygen atoms in total. The number of nitrogens with zero attached hydrogens (tertiary/aromatic N) is 3. The molecule has 0 radical (unpaired) electrons. The van der Waals surface area contributed by atoms with Crippen LogP contribution >= 0.6 is 0 Å². The minimum absolute atomic E-state index is 0.151. The van der Waals surface area contributed by atoms with Gasteiger partial charge in [-0.15, -0.1) is 0 Å². The molecule has 2 unspecified atom stereocenters. The second-order valence-electron chi connectivity index (χ2n) is 8.11. The highest BCUT2D eigenvalue weighted by Crippen LogP contribution is 2.20. The Hall–Kier alpha value is -2.98. The van der Waals surface area contributed by atoms with Crippen molar-refractivity contribution in [2.45, 2.75) is 59.1 Å². The first-order chi connectivity index (χ1) is 14.1. The molecule has 168 valence electrons.